The van der Waals surface area contributed by atoms with Crippen molar-refractivity contribution in [2.24, 2.45) is 0 Å². The monoisotopic (exact) mass is 469 g/mol. The zero-order chi connectivity index (χ0) is 21.3. The van der Waals surface area contributed by atoms with Crippen molar-refractivity contribution in [2.75, 3.05) is 13.2 Å². The largest absolute Gasteiger partial charge is 0.423 e. The lowest BCUT2D eigenvalue weighted by molar-refractivity contribution is 0.0358. The van der Waals surface area contributed by atoms with E-state index in [0.29, 0.717) is 31.3 Å². The van der Waals surface area contributed by atoms with Gasteiger partial charge < -0.3 is 14.5 Å². The number of fused-ring (bicyclic) bond motifs is 1. The highest BCUT2D eigenvalue weighted by Gasteiger charge is 2.34. The molecule has 30 heavy (non-hydrogen) atoms. The Hall–Kier alpha value is -1.95. The lowest BCUT2D eigenvalue weighted by Crippen LogP contribution is -2.46. The van der Waals surface area contributed by atoms with Crippen LogP contribution in [-0.4, -0.2) is 13.2 Å². The van der Waals surface area contributed by atoms with Crippen LogP contribution in [0.1, 0.15) is 54.9 Å². The van der Waals surface area contributed by atoms with Crippen LogP contribution in [0.3, 0.4) is 0 Å². The van der Waals surface area contributed by atoms with E-state index in [1.165, 1.54) is 11.1 Å². The number of benzene rings is 2. The fourth-order valence-corrected chi connectivity index (χ4v) is 4.90. The van der Waals surface area contributed by atoms with Gasteiger partial charge in [0.2, 0.25) is 0 Å². The van der Waals surface area contributed by atoms with E-state index < -0.39 is 0 Å². The predicted molar refractivity (Wildman–Crippen MR) is 124 cm³/mol. The normalized spacial score (nSPS) is 16.3. The molecule has 1 saturated heterocycles. The van der Waals surface area contributed by atoms with Crippen LogP contribution in [0.4, 0.5) is 0 Å². The van der Waals surface area contributed by atoms with Crippen molar-refractivity contribution in [3.63, 3.8) is 0 Å². The van der Waals surface area contributed by atoms with E-state index >= 15 is 0 Å². The van der Waals surface area contributed by atoms with Crippen LogP contribution in [0, 0.1) is 6.92 Å². The van der Waals surface area contributed by atoms with E-state index in [-0.39, 0.29) is 11.2 Å². The van der Waals surface area contributed by atoms with E-state index in [1.807, 2.05) is 12.1 Å². The highest BCUT2D eigenvalue weighted by atomic mass is 79.9. The number of aryl methyl sites for hydroxylation is 1. The average Bonchev–Trinajstić information content (AvgIpc) is 2.72. The van der Waals surface area contributed by atoms with Gasteiger partial charge in [-0.1, -0.05) is 41.9 Å². The Balaban J connectivity index is 1.73. The molecule has 0 atom stereocenters. The van der Waals surface area contributed by atoms with Crippen molar-refractivity contribution in [1.29, 1.82) is 0 Å². The molecule has 0 radical (unpaired) electrons. The van der Waals surface area contributed by atoms with Crippen LogP contribution < -0.4 is 10.9 Å². The molecule has 0 unspecified atom stereocenters. The molecule has 0 aliphatic carbocycles. The minimum absolute atomic E-state index is 0.185. The lowest BCUT2D eigenvalue weighted by atomic mass is 9.82. The summed E-state index contributed by atoms with van der Waals surface area (Å²) in [7, 11) is 0. The molecule has 0 saturated carbocycles. The highest BCUT2D eigenvalue weighted by molar-refractivity contribution is 9.10. The summed E-state index contributed by atoms with van der Waals surface area (Å²) in [5, 5.41) is 4.80. The fourth-order valence-electron chi connectivity index (χ4n) is 4.50. The molecule has 3 aromatic rings. The first kappa shape index (κ1) is 21.3. The van der Waals surface area contributed by atoms with Gasteiger partial charge in [0.25, 0.3) is 0 Å². The number of nitrogens with one attached hydrogen (secondary N) is 1. The van der Waals surface area contributed by atoms with Crippen LogP contribution in [0.5, 0.6) is 0 Å². The smallest absolute Gasteiger partial charge is 0.336 e. The van der Waals surface area contributed by atoms with Crippen LogP contribution >= 0.6 is 15.9 Å². The van der Waals surface area contributed by atoms with Crippen LogP contribution in [0.15, 0.2) is 56.1 Å². The van der Waals surface area contributed by atoms with Crippen LogP contribution in [0.25, 0.3) is 11.0 Å². The standard InChI is InChI=1S/C25H28BrNO3/c1-16(2)21-14-22-18(12-24(28)30-23(22)11-17(21)3)15-27-25(7-9-29-10-8-25)19-5-4-6-20(26)13-19/h4-6,11-14,16,27H,7-10,15H2,1-3H3. The van der Waals surface area contributed by atoms with Gasteiger partial charge >= 0.3 is 5.63 Å². The minimum Gasteiger partial charge on any atom is -0.423 e. The second-order valence-corrected chi connectivity index (χ2v) is 9.42. The third-order valence-corrected chi connectivity index (χ3v) is 6.67. The van der Waals surface area contributed by atoms with Crippen molar-refractivity contribution in [3.05, 3.63) is 79.6 Å². The van der Waals surface area contributed by atoms with Gasteiger partial charge in [0.1, 0.15) is 5.58 Å². The molecule has 1 aliphatic rings. The average molecular weight is 470 g/mol. The summed E-state index contributed by atoms with van der Waals surface area (Å²) in [6.45, 7) is 8.48. The third kappa shape index (κ3) is 4.25. The summed E-state index contributed by atoms with van der Waals surface area (Å²) in [6.07, 6.45) is 1.78. The number of ether oxygens (including phenoxy) is 1. The molecular formula is C25H28BrNO3. The molecule has 4 nitrogen and oxygen atoms in total. The number of rotatable bonds is 5. The second-order valence-electron chi connectivity index (χ2n) is 8.51. The molecule has 1 fully saturated rings. The van der Waals surface area contributed by atoms with E-state index in [0.717, 1.165) is 33.8 Å². The minimum atomic E-state index is -0.306. The molecule has 1 N–H and O–H groups in total. The third-order valence-electron chi connectivity index (χ3n) is 6.18. The molecule has 1 aliphatic heterocycles. The van der Waals surface area contributed by atoms with Crippen molar-refractivity contribution in [1.82, 2.24) is 5.32 Å². The second kappa shape index (κ2) is 8.66. The molecule has 0 bridgehead atoms. The van der Waals surface area contributed by atoms with Crippen molar-refractivity contribution in [2.45, 2.75) is 51.6 Å². The summed E-state index contributed by atoms with van der Waals surface area (Å²) < 4.78 is 12.2. The molecule has 4 rings (SSSR count). The first-order chi connectivity index (χ1) is 14.4. The van der Waals surface area contributed by atoms with Gasteiger partial charge in [0, 0.05) is 41.2 Å². The first-order valence-corrected chi connectivity index (χ1v) is 11.3. The maximum Gasteiger partial charge on any atom is 0.336 e. The maximum atomic E-state index is 12.3. The molecular weight excluding hydrogens is 442 g/mol. The van der Waals surface area contributed by atoms with Crippen molar-refractivity contribution in [3.8, 4) is 0 Å². The number of hydrogen-bond acceptors (Lipinski definition) is 4. The summed E-state index contributed by atoms with van der Waals surface area (Å²) in [5.41, 5.74) is 4.82. The lowest BCUT2D eigenvalue weighted by Gasteiger charge is -2.39. The van der Waals surface area contributed by atoms with E-state index in [1.54, 1.807) is 6.07 Å². The van der Waals surface area contributed by atoms with E-state index in [9.17, 15) is 4.79 Å². The van der Waals surface area contributed by atoms with Gasteiger partial charge in [-0.2, -0.15) is 0 Å². The molecule has 1 aromatic heterocycles. The summed E-state index contributed by atoms with van der Waals surface area (Å²) >= 11 is 3.61. The van der Waals surface area contributed by atoms with Gasteiger partial charge in [-0.15, -0.1) is 0 Å². The molecule has 5 heteroatoms. The summed E-state index contributed by atoms with van der Waals surface area (Å²) in [4.78, 5) is 12.3. The number of halogens is 1. The topological polar surface area (TPSA) is 51.5 Å². The quantitative estimate of drug-likeness (QED) is 0.480. The molecule has 2 heterocycles. The van der Waals surface area contributed by atoms with Crippen molar-refractivity contribution >= 4 is 26.9 Å². The Morgan fingerprint density at radius 3 is 2.60 bits per heavy atom. The molecule has 158 valence electrons. The highest BCUT2D eigenvalue weighted by Crippen LogP contribution is 2.34. The Bertz CT molecular complexity index is 1110. The fraction of sp³-hybridized carbons (Fsp3) is 0.400. The Morgan fingerprint density at radius 1 is 1.13 bits per heavy atom. The van der Waals surface area contributed by atoms with E-state index in [4.69, 9.17) is 9.15 Å². The van der Waals surface area contributed by atoms with Gasteiger partial charge in [-0.25, -0.2) is 4.79 Å². The Labute approximate surface area is 185 Å². The molecule has 0 amide bonds. The predicted octanol–water partition coefficient (Wildman–Crippen LogP) is 5.78. The zero-order valence-corrected chi connectivity index (χ0v) is 19.3. The first-order valence-electron chi connectivity index (χ1n) is 10.5. The van der Waals surface area contributed by atoms with Gasteiger partial charge in [-0.3, -0.25) is 0 Å². The maximum absolute atomic E-state index is 12.3. The molecule has 0 spiro atoms. The summed E-state index contributed by atoms with van der Waals surface area (Å²) in [6, 6.07) is 14.3. The Morgan fingerprint density at radius 2 is 1.90 bits per heavy atom. The van der Waals surface area contributed by atoms with Gasteiger partial charge in [0.05, 0.1) is 0 Å². The summed E-state index contributed by atoms with van der Waals surface area (Å²) in [5.74, 6) is 0.408. The molecule has 2 aromatic carbocycles. The van der Waals surface area contributed by atoms with E-state index in [2.05, 4.69) is 66.3 Å². The van der Waals surface area contributed by atoms with Crippen LogP contribution in [0.2, 0.25) is 0 Å². The SMILES string of the molecule is Cc1cc2oc(=O)cc(CNC3(c4cccc(Br)c4)CCOCC3)c2cc1C(C)C. The van der Waals surface area contributed by atoms with Gasteiger partial charge in [0.15, 0.2) is 0 Å². The van der Waals surface area contributed by atoms with Gasteiger partial charge in [-0.05, 0) is 72.2 Å². The van der Waals surface area contributed by atoms with Crippen LogP contribution in [-0.2, 0) is 16.8 Å². The zero-order valence-electron chi connectivity index (χ0n) is 17.8. The Kier molecular flexibility index (Phi) is 6.14. The number of hydrogen-bond donors (Lipinski definition) is 1. The van der Waals surface area contributed by atoms with Crippen molar-refractivity contribution < 1.29 is 9.15 Å².